The zero-order valence-electron chi connectivity index (χ0n) is 10.5. The molecule has 0 spiro atoms. The number of nitrogens with two attached hydrogens (primary N) is 1. The van der Waals surface area contributed by atoms with E-state index < -0.39 is 0 Å². The fourth-order valence-electron chi connectivity index (χ4n) is 2.18. The van der Waals surface area contributed by atoms with Crippen molar-refractivity contribution in [2.45, 2.75) is 32.1 Å². The number of nitrogen functional groups attached to an aromatic ring is 1. The zero-order valence-corrected chi connectivity index (χ0v) is 10.5. The maximum absolute atomic E-state index is 11.9. The highest BCUT2D eigenvalue weighted by atomic mass is 16.1. The lowest BCUT2D eigenvalue weighted by molar-refractivity contribution is 0.0955. The molecule has 18 heavy (non-hydrogen) atoms. The number of carbonyl (C=O) groups excluding carboxylic acids is 1. The van der Waals surface area contributed by atoms with Crippen molar-refractivity contribution in [2.24, 2.45) is 0 Å². The van der Waals surface area contributed by atoms with Crippen LogP contribution in [0.2, 0.25) is 0 Å². The minimum absolute atomic E-state index is 0.119. The van der Waals surface area contributed by atoms with Gasteiger partial charge < -0.3 is 11.1 Å². The van der Waals surface area contributed by atoms with E-state index in [0.717, 1.165) is 6.42 Å². The van der Waals surface area contributed by atoms with E-state index in [1.54, 1.807) is 12.3 Å². The van der Waals surface area contributed by atoms with Crippen LogP contribution in [0.3, 0.4) is 0 Å². The molecule has 1 aromatic heterocycles. The summed E-state index contributed by atoms with van der Waals surface area (Å²) in [5, 5.41) is 2.90. The number of hydrogen-bond donors (Lipinski definition) is 2. The largest absolute Gasteiger partial charge is 0.397 e. The highest BCUT2D eigenvalue weighted by Gasteiger charge is 2.09. The average molecular weight is 245 g/mol. The first kappa shape index (κ1) is 12.6. The summed E-state index contributed by atoms with van der Waals surface area (Å²) in [5.41, 5.74) is 8.09. The summed E-state index contributed by atoms with van der Waals surface area (Å²) < 4.78 is 0. The van der Waals surface area contributed by atoms with Crippen molar-refractivity contribution >= 4 is 11.6 Å². The molecule has 3 N–H and O–H groups in total. The molecule has 0 bridgehead atoms. The first-order valence-electron chi connectivity index (χ1n) is 6.43. The maximum Gasteiger partial charge on any atom is 0.253 e. The summed E-state index contributed by atoms with van der Waals surface area (Å²) >= 11 is 0. The number of nitrogens with one attached hydrogen (secondary N) is 1. The lowest BCUT2D eigenvalue weighted by Gasteiger charge is -2.13. The lowest BCUT2D eigenvalue weighted by Crippen LogP contribution is -2.25. The Hall–Kier alpha value is -1.84. The van der Waals surface area contributed by atoms with E-state index in [0.29, 0.717) is 17.8 Å². The Balaban J connectivity index is 1.82. The Morgan fingerprint density at radius 3 is 3.06 bits per heavy atom. The van der Waals surface area contributed by atoms with Crippen molar-refractivity contribution in [3.8, 4) is 0 Å². The number of carbonyl (C=O) groups is 1. The van der Waals surface area contributed by atoms with E-state index in [4.69, 9.17) is 5.73 Å². The van der Waals surface area contributed by atoms with Crippen molar-refractivity contribution in [2.75, 3.05) is 12.3 Å². The third-order valence-electron chi connectivity index (χ3n) is 3.21. The van der Waals surface area contributed by atoms with Crippen LogP contribution >= 0.6 is 0 Å². The molecular weight excluding hydrogens is 226 g/mol. The number of anilines is 1. The van der Waals surface area contributed by atoms with Gasteiger partial charge in [0.1, 0.15) is 0 Å². The summed E-state index contributed by atoms with van der Waals surface area (Å²) in [6, 6.07) is 1.64. The quantitative estimate of drug-likeness (QED) is 0.800. The minimum atomic E-state index is -0.119. The van der Waals surface area contributed by atoms with Crippen molar-refractivity contribution < 1.29 is 4.79 Å². The van der Waals surface area contributed by atoms with Gasteiger partial charge in [0.25, 0.3) is 5.91 Å². The Morgan fingerprint density at radius 1 is 1.44 bits per heavy atom. The second-order valence-corrected chi connectivity index (χ2v) is 4.58. The van der Waals surface area contributed by atoms with Crippen LogP contribution in [-0.2, 0) is 0 Å². The molecule has 0 fully saturated rings. The van der Waals surface area contributed by atoms with E-state index in [-0.39, 0.29) is 5.91 Å². The van der Waals surface area contributed by atoms with Gasteiger partial charge in [-0.15, -0.1) is 0 Å². The van der Waals surface area contributed by atoms with Crippen LogP contribution in [0.25, 0.3) is 0 Å². The molecule has 4 nitrogen and oxygen atoms in total. The van der Waals surface area contributed by atoms with Gasteiger partial charge in [-0.2, -0.15) is 0 Å². The van der Waals surface area contributed by atoms with Gasteiger partial charge in [0.05, 0.1) is 17.4 Å². The normalized spacial score (nSPS) is 15.0. The van der Waals surface area contributed by atoms with Crippen molar-refractivity contribution in [1.82, 2.24) is 10.3 Å². The molecule has 2 rings (SSSR count). The topological polar surface area (TPSA) is 68.0 Å². The zero-order chi connectivity index (χ0) is 12.8. The lowest BCUT2D eigenvalue weighted by atomic mass is 9.97. The van der Waals surface area contributed by atoms with Crippen LogP contribution in [0.1, 0.15) is 42.5 Å². The van der Waals surface area contributed by atoms with Crippen LogP contribution in [0, 0.1) is 0 Å². The van der Waals surface area contributed by atoms with Gasteiger partial charge in [-0.1, -0.05) is 11.6 Å². The van der Waals surface area contributed by atoms with E-state index in [1.807, 2.05) is 0 Å². The molecule has 0 unspecified atom stereocenters. The Labute approximate surface area is 107 Å². The first-order chi connectivity index (χ1) is 8.77. The number of rotatable bonds is 4. The van der Waals surface area contributed by atoms with E-state index in [1.165, 1.54) is 37.5 Å². The molecule has 0 aliphatic heterocycles. The van der Waals surface area contributed by atoms with Gasteiger partial charge in [0, 0.05) is 12.7 Å². The molecule has 0 atom stereocenters. The molecule has 1 aromatic rings. The number of pyridine rings is 1. The van der Waals surface area contributed by atoms with E-state index in [2.05, 4.69) is 16.4 Å². The number of amides is 1. The van der Waals surface area contributed by atoms with Gasteiger partial charge >= 0.3 is 0 Å². The van der Waals surface area contributed by atoms with Crippen molar-refractivity contribution in [1.29, 1.82) is 0 Å². The fraction of sp³-hybridized carbons (Fsp3) is 0.429. The molecule has 1 heterocycles. The van der Waals surface area contributed by atoms with Crippen LogP contribution in [-0.4, -0.2) is 17.4 Å². The van der Waals surface area contributed by atoms with Crippen molar-refractivity contribution in [3.63, 3.8) is 0 Å². The Morgan fingerprint density at radius 2 is 2.33 bits per heavy atom. The molecule has 1 amide bonds. The Bertz CT molecular complexity index is 454. The molecule has 1 aliphatic carbocycles. The van der Waals surface area contributed by atoms with Crippen LogP contribution in [0.4, 0.5) is 5.69 Å². The molecule has 0 saturated carbocycles. The summed E-state index contributed by atoms with van der Waals surface area (Å²) in [6.07, 6.45) is 11.2. The molecule has 4 heteroatoms. The molecule has 96 valence electrons. The predicted molar refractivity (Wildman–Crippen MR) is 72.2 cm³/mol. The van der Waals surface area contributed by atoms with Gasteiger partial charge in [-0.25, -0.2) is 0 Å². The number of aromatic nitrogens is 1. The fourth-order valence-corrected chi connectivity index (χ4v) is 2.18. The third-order valence-corrected chi connectivity index (χ3v) is 3.21. The van der Waals surface area contributed by atoms with E-state index in [9.17, 15) is 4.79 Å². The monoisotopic (exact) mass is 245 g/mol. The molecule has 0 aromatic carbocycles. The predicted octanol–water partition coefficient (Wildman–Crippen LogP) is 2.28. The first-order valence-corrected chi connectivity index (χ1v) is 6.43. The smallest absolute Gasteiger partial charge is 0.253 e. The third kappa shape index (κ3) is 3.32. The van der Waals surface area contributed by atoms with Crippen LogP contribution in [0.5, 0.6) is 0 Å². The molecular formula is C14H19N3O. The second-order valence-electron chi connectivity index (χ2n) is 4.58. The van der Waals surface area contributed by atoms with Gasteiger partial charge in [0.2, 0.25) is 0 Å². The van der Waals surface area contributed by atoms with Gasteiger partial charge in [-0.05, 0) is 38.2 Å². The Kier molecular flexibility index (Phi) is 4.34. The number of allylic oxidation sites excluding steroid dienone is 1. The number of hydrogen-bond acceptors (Lipinski definition) is 3. The summed E-state index contributed by atoms with van der Waals surface area (Å²) in [4.78, 5) is 15.7. The highest BCUT2D eigenvalue weighted by Crippen LogP contribution is 2.19. The summed E-state index contributed by atoms with van der Waals surface area (Å²) in [5.74, 6) is -0.119. The van der Waals surface area contributed by atoms with Crippen molar-refractivity contribution in [3.05, 3.63) is 35.7 Å². The standard InChI is InChI=1S/C14H19N3O/c15-13-10-16-8-7-12(13)14(18)17-9-6-11-4-2-1-3-5-11/h4,7-8,10H,1-3,5-6,9,15H2,(H,17,18). The van der Waals surface area contributed by atoms with Gasteiger partial charge in [-0.3, -0.25) is 9.78 Å². The molecule has 0 radical (unpaired) electrons. The second kappa shape index (κ2) is 6.19. The molecule has 1 aliphatic rings. The highest BCUT2D eigenvalue weighted by molar-refractivity contribution is 5.98. The molecule has 0 saturated heterocycles. The summed E-state index contributed by atoms with van der Waals surface area (Å²) in [7, 11) is 0. The average Bonchev–Trinajstić information content (AvgIpc) is 2.40. The number of nitrogens with zero attached hydrogens (tertiary/aromatic N) is 1. The minimum Gasteiger partial charge on any atom is -0.397 e. The maximum atomic E-state index is 11.9. The van der Waals surface area contributed by atoms with E-state index >= 15 is 0 Å². The van der Waals surface area contributed by atoms with Gasteiger partial charge in [0.15, 0.2) is 0 Å². The van der Waals surface area contributed by atoms with Crippen LogP contribution < -0.4 is 11.1 Å². The summed E-state index contributed by atoms with van der Waals surface area (Å²) in [6.45, 7) is 0.673. The SMILES string of the molecule is Nc1cnccc1C(=O)NCCC1=CCCCC1. The van der Waals surface area contributed by atoms with Crippen LogP contribution in [0.15, 0.2) is 30.1 Å².